The summed E-state index contributed by atoms with van der Waals surface area (Å²) in [5.41, 5.74) is 0.513. The van der Waals surface area contributed by atoms with Crippen LogP contribution in [0.25, 0.3) is 0 Å². The maximum Gasteiger partial charge on any atom is 0.340 e. The van der Waals surface area contributed by atoms with E-state index < -0.39 is 9.75 Å². The Kier molecular flexibility index (Phi) is 2.75. The Morgan fingerprint density at radius 3 is 2.33 bits per heavy atom. The van der Waals surface area contributed by atoms with Gasteiger partial charge in [-0.15, -0.1) is 0 Å². The molecule has 0 unspecified atom stereocenters. The van der Waals surface area contributed by atoms with Gasteiger partial charge in [-0.25, -0.2) is 4.79 Å². The highest BCUT2D eigenvalue weighted by Gasteiger charge is 2.34. The zero-order valence-electron chi connectivity index (χ0n) is 6.00. The number of carboxylic acid groups (broad SMARTS) is 1. The van der Waals surface area contributed by atoms with Crippen LogP contribution < -0.4 is 0 Å². The van der Waals surface area contributed by atoms with Crippen LogP contribution in [-0.2, 0) is 8.58 Å². The molecule has 0 saturated carbocycles. The van der Waals surface area contributed by atoms with Crippen molar-refractivity contribution in [2.45, 2.75) is 3.78 Å². The number of benzene rings is 1. The second kappa shape index (κ2) is 3.46. The molecule has 0 aromatic heterocycles. The highest BCUT2D eigenvalue weighted by Crippen LogP contribution is 2.35. The number of hydrogen-bond acceptors (Lipinski definition) is 1. The molecule has 1 N–H and O–H groups in total. The Bertz CT molecular complexity index is 284. The first-order valence-electron chi connectivity index (χ1n) is 3.22. The second-order valence-electron chi connectivity index (χ2n) is 2.25. The van der Waals surface area contributed by atoms with E-state index in [1.807, 2.05) is 0 Å². The van der Waals surface area contributed by atoms with Crippen molar-refractivity contribution in [1.29, 1.82) is 0 Å². The molecule has 1 aromatic rings. The summed E-state index contributed by atoms with van der Waals surface area (Å²) in [7, 11) is 0. The topological polar surface area (TPSA) is 37.3 Å². The summed E-state index contributed by atoms with van der Waals surface area (Å²) in [6.07, 6.45) is 0. The van der Waals surface area contributed by atoms with E-state index >= 15 is 0 Å². The normalized spacial score (nSPS) is 15.2. The molecule has 0 spiro atoms. The monoisotopic (exact) mass is 248 g/mol. The molecular formula is C8H6BrClO2. The third-order valence-electron chi connectivity index (χ3n) is 1.40. The van der Waals surface area contributed by atoms with Gasteiger partial charge in [-0.05, 0) is 21.5 Å². The van der Waals surface area contributed by atoms with Crippen molar-refractivity contribution >= 4 is 33.5 Å². The van der Waals surface area contributed by atoms with Crippen LogP contribution in [0, 0.1) is 0 Å². The van der Waals surface area contributed by atoms with Crippen molar-refractivity contribution in [2.24, 2.45) is 0 Å². The molecule has 0 aliphatic heterocycles. The van der Waals surface area contributed by atoms with Crippen molar-refractivity contribution in [3.05, 3.63) is 35.9 Å². The third-order valence-corrected chi connectivity index (χ3v) is 2.58. The fourth-order valence-electron chi connectivity index (χ4n) is 0.771. The minimum Gasteiger partial charge on any atom is -0.479 e. The van der Waals surface area contributed by atoms with Crippen LogP contribution in [0.1, 0.15) is 5.56 Å². The van der Waals surface area contributed by atoms with Crippen molar-refractivity contribution < 1.29 is 9.90 Å². The predicted octanol–water partition coefficient (Wildman–Crippen LogP) is 2.56. The van der Waals surface area contributed by atoms with E-state index in [0.29, 0.717) is 5.56 Å². The number of carboxylic acids is 1. The van der Waals surface area contributed by atoms with Crippen molar-refractivity contribution in [3.8, 4) is 0 Å². The average molecular weight is 249 g/mol. The molecule has 0 radical (unpaired) electrons. The molecule has 0 aliphatic carbocycles. The molecule has 2 nitrogen and oxygen atoms in total. The van der Waals surface area contributed by atoms with E-state index in [1.165, 1.54) is 0 Å². The highest BCUT2D eigenvalue weighted by atomic mass is 79.9. The van der Waals surface area contributed by atoms with Gasteiger partial charge in [-0.2, -0.15) is 0 Å². The number of alkyl halides is 2. The highest BCUT2D eigenvalue weighted by molar-refractivity contribution is 9.10. The van der Waals surface area contributed by atoms with Gasteiger partial charge >= 0.3 is 5.97 Å². The van der Waals surface area contributed by atoms with Crippen LogP contribution in [0.3, 0.4) is 0 Å². The summed E-state index contributed by atoms with van der Waals surface area (Å²) in [6, 6.07) is 8.56. The fraction of sp³-hybridized carbons (Fsp3) is 0.125. The van der Waals surface area contributed by atoms with Gasteiger partial charge in [0.15, 0.2) is 0 Å². The van der Waals surface area contributed by atoms with Gasteiger partial charge in [0.25, 0.3) is 0 Å². The molecule has 4 heteroatoms. The molecule has 1 aromatic carbocycles. The third kappa shape index (κ3) is 1.79. The van der Waals surface area contributed by atoms with Gasteiger partial charge in [0.1, 0.15) is 0 Å². The Morgan fingerprint density at radius 2 is 1.92 bits per heavy atom. The smallest absolute Gasteiger partial charge is 0.340 e. The van der Waals surface area contributed by atoms with Crippen LogP contribution in [-0.4, -0.2) is 11.1 Å². The van der Waals surface area contributed by atoms with Crippen molar-refractivity contribution in [1.82, 2.24) is 0 Å². The molecule has 0 aliphatic rings. The van der Waals surface area contributed by atoms with E-state index in [9.17, 15) is 4.79 Å². The molecule has 12 heavy (non-hydrogen) atoms. The first-order chi connectivity index (χ1) is 5.55. The molecule has 0 heterocycles. The molecular weight excluding hydrogens is 243 g/mol. The second-order valence-corrected chi connectivity index (χ2v) is 4.46. The molecule has 1 rings (SSSR count). The van der Waals surface area contributed by atoms with Crippen LogP contribution in [0.4, 0.5) is 0 Å². The number of halogens is 2. The lowest BCUT2D eigenvalue weighted by Crippen LogP contribution is -2.21. The SMILES string of the molecule is O=C(O)[C@](Cl)(Br)c1ccccc1. The van der Waals surface area contributed by atoms with Gasteiger partial charge in [-0.3, -0.25) is 0 Å². The van der Waals surface area contributed by atoms with Gasteiger partial charge in [0.05, 0.1) is 0 Å². The summed E-state index contributed by atoms with van der Waals surface area (Å²) in [5, 5.41) is 8.72. The number of aliphatic carboxylic acids is 1. The quantitative estimate of drug-likeness (QED) is 0.818. The van der Waals surface area contributed by atoms with Crippen molar-refractivity contribution in [2.75, 3.05) is 0 Å². The lowest BCUT2D eigenvalue weighted by molar-refractivity contribution is -0.137. The van der Waals surface area contributed by atoms with Crippen LogP contribution >= 0.6 is 27.5 Å². The van der Waals surface area contributed by atoms with Crippen LogP contribution in [0.2, 0.25) is 0 Å². The number of rotatable bonds is 2. The summed E-state index contributed by atoms with van der Waals surface area (Å²) in [5.74, 6) is -1.12. The first kappa shape index (κ1) is 9.55. The zero-order chi connectivity index (χ0) is 9.19. The molecule has 1 atom stereocenters. The zero-order valence-corrected chi connectivity index (χ0v) is 8.34. The van der Waals surface area contributed by atoms with Crippen molar-refractivity contribution in [3.63, 3.8) is 0 Å². The summed E-state index contributed by atoms with van der Waals surface area (Å²) < 4.78 is -1.51. The Morgan fingerprint density at radius 1 is 1.42 bits per heavy atom. The Balaban J connectivity index is 3.06. The minimum atomic E-state index is -1.51. The predicted molar refractivity (Wildman–Crippen MR) is 50.5 cm³/mol. The van der Waals surface area contributed by atoms with E-state index in [0.717, 1.165) is 0 Å². The Hall–Kier alpha value is -0.540. The maximum absolute atomic E-state index is 10.6. The lowest BCUT2D eigenvalue weighted by atomic mass is 10.1. The van der Waals surface area contributed by atoms with Gasteiger partial charge < -0.3 is 5.11 Å². The Labute approximate surface area is 83.3 Å². The molecule has 0 fully saturated rings. The molecule has 0 bridgehead atoms. The average Bonchev–Trinajstić information content (AvgIpc) is 2.06. The number of hydrogen-bond donors (Lipinski definition) is 1. The maximum atomic E-state index is 10.6. The summed E-state index contributed by atoms with van der Waals surface area (Å²) in [4.78, 5) is 10.6. The van der Waals surface area contributed by atoms with E-state index in [-0.39, 0.29) is 0 Å². The van der Waals surface area contributed by atoms with Gasteiger partial charge in [-0.1, -0.05) is 41.9 Å². The van der Waals surface area contributed by atoms with E-state index in [1.54, 1.807) is 30.3 Å². The minimum absolute atomic E-state index is 0.513. The fourth-order valence-corrected chi connectivity index (χ4v) is 1.16. The van der Waals surface area contributed by atoms with Gasteiger partial charge in [0, 0.05) is 0 Å². The largest absolute Gasteiger partial charge is 0.479 e. The van der Waals surface area contributed by atoms with Crippen LogP contribution in [0.5, 0.6) is 0 Å². The van der Waals surface area contributed by atoms with E-state index in [4.69, 9.17) is 16.7 Å². The summed E-state index contributed by atoms with van der Waals surface area (Å²) >= 11 is 8.63. The molecule has 0 saturated heterocycles. The number of carbonyl (C=O) groups is 1. The molecule has 64 valence electrons. The standard InChI is InChI=1S/C8H6BrClO2/c9-8(10,7(11)12)6-4-2-1-3-5-6/h1-5H,(H,11,12)/t8-/m0/s1. The summed E-state index contributed by atoms with van der Waals surface area (Å²) in [6.45, 7) is 0. The van der Waals surface area contributed by atoms with E-state index in [2.05, 4.69) is 15.9 Å². The first-order valence-corrected chi connectivity index (χ1v) is 4.39. The van der Waals surface area contributed by atoms with Crippen LogP contribution in [0.15, 0.2) is 30.3 Å². The molecule has 0 amide bonds. The van der Waals surface area contributed by atoms with Gasteiger partial charge in [0.2, 0.25) is 3.78 Å². The lowest BCUT2D eigenvalue weighted by Gasteiger charge is -2.13.